The predicted molar refractivity (Wildman–Crippen MR) is 93.1 cm³/mol. The first-order chi connectivity index (χ1) is 10.7. The molecule has 1 amide bonds. The molecular weight excluding hydrogens is 332 g/mol. The van der Waals surface area contributed by atoms with Gasteiger partial charge in [-0.25, -0.2) is 8.42 Å². The van der Waals surface area contributed by atoms with Crippen LogP contribution in [0.2, 0.25) is 0 Å². The molecule has 0 radical (unpaired) electrons. The standard InChI is InChI=1S/C16H26N2O3S2/c1-5-13-7-8-14(22-13)23(20,21)18-10-6-9-17(11-12-18)15(19)16(2,3)4/h7-8H,5-6,9-12H2,1-4H3. The monoisotopic (exact) mass is 358 g/mol. The molecule has 130 valence electrons. The molecule has 1 aliphatic heterocycles. The second kappa shape index (κ2) is 6.91. The van der Waals surface area contributed by atoms with E-state index in [9.17, 15) is 13.2 Å². The SMILES string of the molecule is CCc1ccc(S(=O)(=O)N2CCCN(C(=O)C(C)(C)C)CC2)s1. The lowest BCUT2D eigenvalue weighted by atomic mass is 9.94. The highest BCUT2D eigenvalue weighted by Gasteiger charge is 2.32. The van der Waals surface area contributed by atoms with Crippen molar-refractivity contribution in [1.82, 2.24) is 9.21 Å². The fourth-order valence-corrected chi connectivity index (χ4v) is 5.55. The molecule has 0 aliphatic carbocycles. The van der Waals surface area contributed by atoms with Gasteiger partial charge in [-0.1, -0.05) is 27.7 Å². The highest BCUT2D eigenvalue weighted by molar-refractivity contribution is 7.91. The number of nitrogens with zero attached hydrogens (tertiary/aromatic N) is 2. The number of hydrogen-bond acceptors (Lipinski definition) is 4. The molecule has 1 aromatic heterocycles. The Morgan fingerprint density at radius 2 is 1.87 bits per heavy atom. The minimum absolute atomic E-state index is 0.0844. The second-order valence-electron chi connectivity index (χ2n) is 6.87. The van der Waals surface area contributed by atoms with Crippen molar-refractivity contribution < 1.29 is 13.2 Å². The molecule has 0 atom stereocenters. The molecule has 1 aliphatic rings. The van der Waals surface area contributed by atoms with E-state index in [0.717, 1.165) is 11.3 Å². The van der Waals surface area contributed by atoms with Crippen LogP contribution in [0.15, 0.2) is 16.3 Å². The number of carbonyl (C=O) groups excluding carboxylic acids is 1. The van der Waals surface area contributed by atoms with Gasteiger partial charge >= 0.3 is 0 Å². The minimum Gasteiger partial charge on any atom is -0.341 e. The average Bonchev–Trinajstić information content (AvgIpc) is 2.83. The Hall–Kier alpha value is -0.920. The molecule has 0 spiro atoms. The molecular formula is C16H26N2O3S2. The summed E-state index contributed by atoms with van der Waals surface area (Å²) >= 11 is 1.34. The van der Waals surface area contributed by atoms with Crippen LogP contribution in [-0.4, -0.2) is 49.7 Å². The number of amides is 1. The molecule has 2 heterocycles. The van der Waals surface area contributed by atoms with E-state index in [1.807, 2.05) is 33.8 Å². The van der Waals surface area contributed by atoms with E-state index in [2.05, 4.69) is 0 Å². The van der Waals surface area contributed by atoms with Crippen molar-refractivity contribution in [2.45, 2.75) is 44.7 Å². The average molecular weight is 359 g/mol. The van der Waals surface area contributed by atoms with E-state index >= 15 is 0 Å². The lowest BCUT2D eigenvalue weighted by molar-refractivity contribution is -0.139. The highest BCUT2D eigenvalue weighted by atomic mass is 32.2. The highest BCUT2D eigenvalue weighted by Crippen LogP contribution is 2.26. The Labute approximate surface area is 143 Å². The van der Waals surface area contributed by atoms with E-state index in [-0.39, 0.29) is 5.91 Å². The Bertz CT molecular complexity index is 659. The van der Waals surface area contributed by atoms with Crippen molar-refractivity contribution in [3.05, 3.63) is 17.0 Å². The van der Waals surface area contributed by atoms with Gasteiger partial charge in [0.25, 0.3) is 10.0 Å². The second-order valence-corrected chi connectivity index (χ2v) is 10.2. The summed E-state index contributed by atoms with van der Waals surface area (Å²) in [6.07, 6.45) is 1.51. The van der Waals surface area contributed by atoms with E-state index in [0.29, 0.717) is 36.8 Å². The molecule has 0 N–H and O–H groups in total. The molecule has 1 fully saturated rings. The molecule has 5 nitrogen and oxygen atoms in total. The lowest BCUT2D eigenvalue weighted by Crippen LogP contribution is -2.42. The first-order valence-corrected chi connectivity index (χ1v) is 10.3. The Morgan fingerprint density at radius 3 is 2.43 bits per heavy atom. The fraction of sp³-hybridized carbons (Fsp3) is 0.688. The van der Waals surface area contributed by atoms with Gasteiger partial charge in [-0.15, -0.1) is 11.3 Å². The summed E-state index contributed by atoms with van der Waals surface area (Å²) in [7, 11) is -3.45. The van der Waals surface area contributed by atoms with E-state index < -0.39 is 15.4 Å². The largest absolute Gasteiger partial charge is 0.341 e. The molecule has 23 heavy (non-hydrogen) atoms. The van der Waals surface area contributed by atoms with Gasteiger partial charge in [0.15, 0.2) is 0 Å². The minimum atomic E-state index is -3.45. The van der Waals surface area contributed by atoms with Crippen LogP contribution >= 0.6 is 11.3 Å². The van der Waals surface area contributed by atoms with Gasteiger partial charge in [-0.2, -0.15) is 4.31 Å². The van der Waals surface area contributed by atoms with Crippen LogP contribution in [0.5, 0.6) is 0 Å². The van der Waals surface area contributed by atoms with Crippen LogP contribution in [-0.2, 0) is 21.2 Å². The third-order valence-corrected chi connectivity index (χ3v) is 7.56. The summed E-state index contributed by atoms with van der Waals surface area (Å²) in [5.74, 6) is 0.0844. The maximum atomic E-state index is 12.8. The normalized spacial score (nSPS) is 18.0. The van der Waals surface area contributed by atoms with Crippen molar-refractivity contribution in [3.8, 4) is 0 Å². The van der Waals surface area contributed by atoms with Crippen molar-refractivity contribution in [1.29, 1.82) is 0 Å². The summed E-state index contributed by atoms with van der Waals surface area (Å²) in [5, 5.41) is 0. The van der Waals surface area contributed by atoms with Crippen molar-refractivity contribution in [3.63, 3.8) is 0 Å². The number of aryl methyl sites for hydroxylation is 1. The Kier molecular flexibility index (Phi) is 5.53. The lowest BCUT2D eigenvalue weighted by Gasteiger charge is -2.28. The van der Waals surface area contributed by atoms with Crippen molar-refractivity contribution in [2.75, 3.05) is 26.2 Å². The van der Waals surface area contributed by atoms with Gasteiger partial charge in [0, 0.05) is 36.5 Å². The summed E-state index contributed by atoms with van der Waals surface area (Å²) in [6.45, 7) is 9.61. The number of hydrogen-bond donors (Lipinski definition) is 0. The van der Waals surface area contributed by atoms with E-state index in [4.69, 9.17) is 0 Å². The van der Waals surface area contributed by atoms with Gasteiger partial charge in [0.05, 0.1) is 0 Å². The van der Waals surface area contributed by atoms with E-state index in [1.54, 1.807) is 11.0 Å². The Balaban J connectivity index is 2.12. The maximum absolute atomic E-state index is 12.8. The van der Waals surface area contributed by atoms with Gasteiger partial charge in [-0.05, 0) is 25.0 Å². The van der Waals surface area contributed by atoms with Crippen molar-refractivity contribution in [2.24, 2.45) is 5.41 Å². The zero-order chi connectivity index (χ0) is 17.3. The first-order valence-electron chi connectivity index (χ1n) is 8.04. The van der Waals surface area contributed by atoms with Gasteiger partial charge in [0.2, 0.25) is 5.91 Å². The first kappa shape index (κ1) is 18.4. The third kappa shape index (κ3) is 4.14. The van der Waals surface area contributed by atoms with Crippen LogP contribution in [0.25, 0.3) is 0 Å². The zero-order valence-electron chi connectivity index (χ0n) is 14.3. The zero-order valence-corrected chi connectivity index (χ0v) is 16.0. The maximum Gasteiger partial charge on any atom is 0.252 e. The van der Waals surface area contributed by atoms with Crippen molar-refractivity contribution >= 4 is 27.3 Å². The topological polar surface area (TPSA) is 57.7 Å². The molecule has 0 aromatic carbocycles. The number of carbonyl (C=O) groups is 1. The Morgan fingerprint density at radius 1 is 1.17 bits per heavy atom. The molecule has 0 bridgehead atoms. The number of rotatable bonds is 3. The number of sulfonamides is 1. The van der Waals surface area contributed by atoms with Gasteiger partial charge in [-0.3, -0.25) is 4.79 Å². The predicted octanol–water partition coefficient (Wildman–Crippen LogP) is 2.58. The summed E-state index contributed by atoms with van der Waals surface area (Å²) in [6, 6.07) is 3.58. The van der Waals surface area contributed by atoms with Gasteiger partial charge in [0.1, 0.15) is 4.21 Å². The molecule has 0 unspecified atom stereocenters. The fourth-order valence-electron chi connectivity index (χ4n) is 2.63. The molecule has 2 rings (SSSR count). The smallest absolute Gasteiger partial charge is 0.252 e. The van der Waals surface area contributed by atoms with Crippen LogP contribution in [0.1, 0.15) is 39.0 Å². The summed E-state index contributed by atoms with van der Waals surface area (Å²) < 4.78 is 27.5. The van der Waals surface area contributed by atoms with Gasteiger partial charge < -0.3 is 4.90 Å². The van der Waals surface area contributed by atoms with Crippen LogP contribution in [0, 0.1) is 5.41 Å². The number of thiophene rings is 1. The van der Waals surface area contributed by atoms with Crippen LogP contribution < -0.4 is 0 Å². The third-order valence-electron chi connectivity index (χ3n) is 3.96. The molecule has 1 saturated heterocycles. The summed E-state index contributed by atoms with van der Waals surface area (Å²) in [4.78, 5) is 15.3. The van der Waals surface area contributed by atoms with Crippen LogP contribution in [0.3, 0.4) is 0 Å². The molecule has 0 saturated carbocycles. The summed E-state index contributed by atoms with van der Waals surface area (Å²) in [5.41, 5.74) is -0.433. The molecule has 7 heteroatoms. The molecule has 1 aromatic rings. The van der Waals surface area contributed by atoms with E-state index in [1.165, 1.54) is 15.6 Å². The quantitative estimate of drug-likeness (QED) is 0.834. The van der Waals surface area contributed by atoms with Crippen LogP contribution in [0.4, 0.5) is 0 Å².